The molecule has 2 rings (SSSR count). The summed E-state index contributed by atoms with van der Waals surface area (Å²) in [5, 5.41) is 2.68. The molecular formula is C20H27N3O6S2. The Bertz CT molecular complexity index is 1100. The topological polar surface area (TPSA) is 113 Å². The molecule has 1 N–H and O–H groups in total. The lowest BCUT2D eigenvalue weighted by molar-refractivity contribution is -0.119. The summed E-state index contributed by atoms with van der Waals surface area (Å²) in [4.78, 5) is 12.4. The number of ether oxygens (including phenoxy) is 1. The number of sulfonamides is 2. The molecule has 0 radical (unpaired) electrons. The molecule has 2 aromatic rings. The molecule has 31 heavy (non-hydrogen) atoms. The number of nitrogens with zero attached hydrogens (tertiary/aromatic N) is 2. The van der Waals surface area contributed by atoms with Gasteiger partial charge >= 0.3 is 0 Å². The van der Waals surface area contributed by atoms with Gasteiger partial charge < -0.3 is 10.1 Å². The summed E-state index contributed by atoms with van der Waals surface area (Å²) in [5.41, 5.74) is 1.03. The van der Waals surface area contributed by atoms with Crippen LogP contribution in [0.5, 0.6) is 5.75 Å². The maximum absolute atomic E-state index is 12.4. The van der Waals surface area contributed by atoms with Crippen molar-refractivity contribution >= 4 is 31.6 Å². The number of amides is 1. The number of hydrogen-bond acceptors (Lipinski definition) is 6. The Morgan fingerprint density at radius 1 is 0.968 bits per heavy atom. The summed E-state index contributed by atoms with van der Waals surface area (Å²) >= 11 is 0. The molecule has 0 bridgehead atoms. The molecule has 11 heteroatoms. The average molecular weight is 470 g/mol. The summed E-state index contributed by atoms with van der Waals surface area (Å²) in [6, 6.07) is 12.5. The number of hydrogen-bond donors (Lipinski definition) is 1. The first kappa shape index (κ1) is 24.6. The van der Waals surface area contributed by atoms with Crippen molar-refractivity contribution < 1.29 is 26.4 Å². The molecule has 0 fully saturated rings. The first-order valence-corrected chi connectivity index (χ1v) is 12.7. The number of nitrogens with one attached hydrogen (secondary N) is 1. The van der Waals surface area contributed by atoms with Gasteiger partial charge in [-0.05, 0) is 48.9 Å². The van der Waals surface area contributed by atoms with Gasteiger partial charge in [0.05, 0.1) is 23.4 Å². The van der Waals surface area contributed by atoms with E-state index in [0.29, 0.717) is 6.61 Å². The van der Waals surface area contributed by atoms with Gasteiger partial charge in [0.25, 0.3) is 0 Å². The molecule has 0 spiro atoms. The fourth-order valence-corrected chi connectivity index (χ4v) is 4.41. The number of carbonyl (C=O) groups excluding carboxylic acids is 1. The van der Waals surface area contributed by atoms with Crippen LogP contribution in [0.25, 0.3) is 0 Å². The summed E-state index contributed by atoms with van der Waals surface area (Å²) in [7, 11) is -4.62. The van der Waals surface area contributed by atoms with Crippen molar-refractivity contribution in [1.82, 2.24) is 9.62 Å². The quantitative estimate of drug-likeness (QED) is 0.563. The Morgan fingerprint density at radius 2 is 1.55 bits per heavy atom. The second kappa shape index (κ2) is 10.1. The smallest absolute Gasteiger partial charge is 0.242 e. The number of rotatable bonds is 10. The Balaban J connectivity index is 2.10. The fourth-order valence-electron chi connectivity index (χ4n) is 2.65. The third-order valence-electron chi connectivity index (χ3n) is 4.31. The predicted molar refractivity (Wildman–Crippen MR) is 119 cm³/mol. The molecule has 0 heterocycles. The molecule has 0 aromatic heterocycles. The predicted octanol–water partition coefficient (Wildman–Crippen LogP) is 1.42. The number of benzene rings is 2. The standard InChI is InChI=1S/C20H27N3O6S2/c1-5-29-18-10-6-16(7-11-18)14-21-20(24)15-23(30(4,25)26)17-8-12-19(13-9-17)31(27,28)22(2)3/h6-13H,5,14-15H2,1-4H3,(H,21,24). The summed E-state index contributed by atoms with van der Waals surface area (Å²) < 4.78 is 56.2. The van der Waals surface area contributed by atoms with E-state index in [4.69, 9.17) is 4.74 Å². The Kier molecular flexibility index (Phi) is 8.04. The van der Waals surface area contributed by atoms with E-state index in [1.165, 1.54) is 38.4 Å². The van der Waals surface area contributed by atoms with Crippen molar-refractivity contribution in [1.29, 1.82) is 0 Å². The van der Waals surface area contributed by atoms with Gasteiger partial charge in [-0.15, -0.1) is 0 Å². The highest BCUT2D eigenvalue weighted by Crippen LogP contribution is 2.21. The van der Waals surface area contributed by atoms with E-state index in [2.05, 4.69) is 5.32 Å². The fraction of sp³-hybridized carbons (Fsp3) is 0.350. The number of anilines is 1. The average Bonchev–Trinajstić information content (AvgIpc) is 2.71. The van der Waals surface area contributed by atoms with Gasteiger partial charge in [-0.1, -0.05) is 12.1 Å². The Labute approximate surface area is 183 Å². The minimum absolute atomic E-state index is 0.0228. The van der Waals surface area contributed by atoms with Gasteiger partial charge in [0.1, 0.15) is 12.3 Å². The highest BCUT2D eigenvalue weighted by atomic mass is 32.2. The molecule has 0 aliphatic heterocycles. The lowest BCUT2D eigenvalue weighted by Gasteiger charge is -2.22. The van der Waals surface area contributed by atoms with Gasteiger partial charge in [0.2, 0.25) is 26.0 Å². The summed E-state index contributed by atoms with van der Waals surface area (Å²) in [6.07, 6.45) is 0.983. The van der Waals surface area contributed by atoms with Gasteiger partial charge in [-0.2, -0.15) is 0 Å². The zero-order valence-corrected chi connectivity index (χ0v) is 19.5. The van der Waals surface area contributed by atoms with Crippen molar-refractivity contribution in [3.63, 3.8) is 0 Å². The largest absolute Gasteiger partial charge is 0.494 e. The first-order chi connectivity index (χ1) is 14.4. The van der Waals surface area contributed by atoms with E-state index in [1.807, 2.05) is 19.1 Å². The molecule has 0 aliphatic rings. The molecule has 0 saturated carbocycles. The van der Waals surface area contributed by atoms with E-state index in [9.17, 15) is 21.6 Å². The second-order valence-electron chi connectivity index (χ2n) is 6.90. The van der Waals surface area contributed by atoms with Crippen LogP contribution >= 0.6 is 0 Å². The minimum Gasteiger partial charge on any atom is -0.494 e. The molecule has 9 nitrogen and oxygen atoms in total. The van der Waals surface area contributed by atoms with E-state index in [0.717, 1.165) is 26.2 Å². The lowest BCUT2D eigenvalue weighted by Crippen LogP contribution is -2.40. The summed E-state index contributed by atoms with van der Waals surface area (Å²) in [6.45, 7) is 2.23. The van der Waals surface area contributed by atoms with E-state index in [1.54, 1.807) is 12.1 Å². The highest BCUT2D eigenvalue weighted by Gasteiger charge is 2.22. The van der Waals surface area contributed by atoms with Crippen molar-refractivity contribution in [3.05, 3.63) is 54.1 Å². The van der Waals surface area contributed by atoms with Gasteiger partial charge in [0, 0.05) is 20.6 Å². The first-order valence-electron chi connectivity index (χ1n) is 9.44. The lowest BCUT2D eigenvalue weighted by atomic mass is 10.2. The van der Waals surface area contributed by atoms with Crippen LogP contribution in [0.4, 0.5) is 5.69 Å². The van der Waals surface area contributed by atoms with Crippen molar-refractivity contribution in [2.45, 2.75) is 18.4 Å². The molecule has 0 saturated heterocycles. The molecule has 0 atom stereocenters. The van der Waals surface area contributed by atoms with Crippen LogP contribution < -0.4 is 14.4 Å². The Hall–Kier alpha value is -2.63. The van der Waals surface area contributed by atoms with E-state index in [-0.39, 0.29) is 17.1 Å². The Morgan fingerprint density at radius 3 is 2.03 bits per heavy atom. The SMILES string of the molecule is CCOc1ccc(CNC(=O)CN(c2ccc(S(=O)(=O)N(C)C)cc2)S(C)(=O)=O)cc1. The van der Waals surface area contributed by atoms with Crippen LogP contribution in [0.15, 0.2) is 53.4 Å². The van der Waals surface area contributed by atoms with Gasteiger partial charge in [-0.3, -0.25) is 9.10 Å². The second-order valence-corrected chi connectivity index (χ2v) is 11.0. The maximum Gasteiger partial charge on any atom is 0.242 e. The third kappa shape index (κ3) is 6.68. The normalized spacial score (nSPS) is 11.9. The zero-order valence-electron chi connectivity index (χ0n) is 17.9. The van der Waals surface area contributed by atoms with Crippen LogP contribution in [0, 0.1) is 0 Å². The molecule has 0 aliphatic carbocycles. The van der Waals surface area contributed by atoms with E-state index >= 15 is 0 Å². The molecule has 1 amide bonds. The van der Waals surface area contributed by atoms with Crippen molar-refractivity contribution in [2.75, 3.05) is 37.8 Å². The highest BCUT2D eigenvalue weighted by molar-refractivity contribution is 7.92. The van der Waals surface area contributed by atoms with E-state index < -0.39 is 32.5 Å². The minimum atomic E-state index is -3.78. The van der Waals surface area contributed by atoms with Gasteiger partial charge in [-0.25, -0.2) is 21.1 Å². The van der Waals surface area contributed by atoms with Crippen molar-refractivity contribution in [3.8, 4) is 5.75 Å². The van der Waals surface area contributed by atoms with Crippen molar-refractivity contribution in [2.24, 2.45) is 0 Å². The molecule has 170 valence electrons. The zero-order chi connectivity index (χ0) is 23.2. The van der Waals surface area contributed by atoms with Crippen LogP contribution in [0.2, 0.25) is 0 Å². The van der Waals surface area contributed by atoms with Crippen LogP contribution in [0.3, 0.4) is 0 Å². The van der Waals surface area contributed by atoms with Crippen LogP contribution in [0.1, 0.15) is 12.5 Å². The molecule has 0 unspecified atom stereocenters. The number of carbonyl (C=O) groups is 1. The maximum atomic E-state index is 12.4. The van der Waals surface area contributed by atoms with Crippen LogP contribution in [-0.4, -0.2) is 60.6 Å². The van der Waals surface area contributed by atoms with Crippen LogP contribution in [-0.2, 0) is 31.4 Å². The van der Waals surface area contributed by atoms with Gasteiger partial charge in [0.15, 0.2) is 0 Å². The summed E-state index contributed by atoms with van der Waals surface area (Å²) in [5.74, 6) is 0.227. The monoisotopic (exact) mass is 469 g/mol. The third-order valence-corrected chi connectivity index (χ3v) is 7.28. The molecular weight excluding hydrogens is 442 g/mol. The molecule has 2 aromatic carbocycles.